The first-order valence-electron chi connectivity index (χ1n) is 7.78. The Morgan fingerprint density at radius 1 is 1.38 bits per heavy atom. The Bertz CT molecular complexity index is 494. The van der Waals surface area contributed by atoms with E-state index in [0.717, 1.165) is 24.2 Å². The average Bonchev–Trinajstić information content (AvgIpc) is 2.97. The molecular formula is C18H26O3. The summed E-state index contributed by atoms with van der Waals surface area (Å²) in [6.45, 7) is 10.0. The third-order valence-electron chi connectivity index (χ3n) is 4.02. The molecule has 1 aromatic rings. The lowest BCUT2D eigenvalue weighted by Crippen LogP contribution is -2.23. The van der Waals surface area contributed by atoms with Crippen LogP contribution in [-0.2, 0) is 21.4 Å². The highest BCUT2D eigenvalue weighted by Gasteiger charge is 2.25. The van der Waals surface area contributed by atoms with Gasteiger partial charge >= 0.3 is 0 Å². The molecular weight excluding hydrogens is 264 g/mol. The zero-order valence-electron chi connectivity index (χ0n) is 13.6. The highest BCUT2D eigenvalue weighted by atomic mass is 16.5. The van der Waals surface area contributed by atoms with E-state index in [4.69, 9.17) is 9.47 Å². The Kier molecular flexibility index (Phi) is 5.04. The van der Waals surface area contributed by atoms with Crippen LogP contribution in [0.3, 0.4) is 0 Å². The second-order valence-electron chi connectivity index (χ2n) is 6.75. The zero-order chi connectivity index (χ0) is 15.5. The van der Waals surface area contributed by atoms with E-state index >= 15 is 0 Å². The lowest BCUT2D eigenvalue weighted by Gasteiger charge is -2.23. The second kappa shape index (κ2) is 6.61. The molecule has 1 heterocycles. The minimum atomic E-state index is 0.0000303. The zero-order valence-corrected chi connectivity index (χ0v) is 13.6. The van der Waals surface area contributed by atoms with Crippen molar-refractivity contribution >= 4 is 5.78 Å². The fourth-order valence-electron chi connectivity index (χ4n) is 2.56. The van der Waals surface area contributed by atoms with Crippen molar-refractivity contribution in [1.82, 2.24) is 0 Å². The predicted octanol–water partition coefficient (Wildman–Crippen LogP) is 3.53. The van der Waals surface area contributed by atoms with Gasteiger partial charge in [0, 0.05) is 12.5 Å². The molecule has 0 aromatic heterocycles. The van der Waals surface area contributed by atoms with Crippen LogP contribution in [0.2, 0.25) is 0 Å². The first-order valence-corrected chi connectivity index (χ1v) is 7.78. The summed E-state index contributed by atoms with van der Waals surface area (Å²) < 4.78 is 11.1. The molecule has 0 bridgehead atoms. The number of ketones is 1. The molecule has 1 aliphatic rings. The number of hydrogen-bond donors (Lipinski definition) is 0. The van der Waals surface area contributed by atoms with Gasteiger partial charge < -0.3 is 9.47 Å². The number of aryl methyl sites for hydroxylation is 1. The molecule has 1 aromatic carbocycles. The summed E-state index contributed by atoms with van der Waals surface area (Å²) in [6, 6.07) is 6.27. The van der Waals surface area contributed by atoms with Crippen LogP contribution in [0.5, 0.6) is 5.75 Å². The summed E-state index contributed by atoms with van der Waals surface area (Å²) >= 11 is 0. The summed E-state index contributed by atoms with van der Waals surface area (Å²) in [7, 11) is 0. The van der Waals surface area contributed by atoms with Crippen molar-refractivity contribution in [1.29, 1.82) is 0 Å². The van der Waals surface area contributed by atoms with E-state index < -0.39 is 0 Å². The van der Waals surface area contributed by atoms with Crippen molar-refractivity contribution in [3.05, 3.63) is 29.3 Å². The van der Waals surface area contributed by atoms with E-state index in [1.54, 1.807) is 0 Å². The van der Waals surface area contributed by atoms with E-state index in [1.807, 2.05) is 6.07 Å². The number of carbonyl (C=O) groups is 1. The van der Waals surface area contributed by atoms with Gasteiger partial charge in [-0.1, -0.05) is 39.8 Å². The van der Waals surface area contributed by atoms with Crippen LogP contribution in [-0.4, -0.2) is 25.6 Å². The number of Topliss-reactive ketones (excluding diaryl/α,β-unsaturated/α-hetero) is 1. The highest BCUT2D eigenvalue weighted by Crippen LogP contribution is 2.32. The third kappa shape index (κ3) is 4.07. The summed E-state index contributed by atoms with van der Waals surface area (Å²) in [5.41, 5.74) is 2.46. The maximum atomic E-state index is 12.1. The SMILES string of the molecule is CCc1ccc(OCC(=O)C2CCOC2)c(C(C)(C)C)c1. The molecule has 3 heteroatoms. The summed E-state index contributed by atoms with van der Waals surface area (Å²) in [5.74, 6) is 0.983. The summed E-state index contributed by atoms with van der Waals surface area (Å²) in [4.78, 5) is 12.1. The van der Waals surface area contributed by atoms with E-state index in [2.05, 4.69) is 39.8 Å². The van der Waals surface area contributed by atoms with Crippen LogP contribution in [0.4, 0.5) is 0 Å². The van der Waals surface area contributed by atoms with Crippen LogP contribution >= 0.6 is 0 Å². The van der Waals surface area contributed by atoms with Crippen molar-refractivity contribution in [2.75, 3.05) is 19.8 Å². The molecule has 0 N–H and O–H groups in total. The molecule has 21 heavy (non-hydrogen) atoms. The summed E-state index contributed by atoms with van der Waals surface area (Å²) in [5, 5.41) is 0. The fourth-order valence-corrected chi connectivity index (χ4v) is 2.56. The monoisotopic (exact) mass is 290 g/mol. The Balaban J connectivity index is 2.10. The Labute approximate surface area is 127 Å². The van der Waals surface area contributed by atoms with Crippen LogP contribution in [0.1, 0.15) is 45.2 Å². The molecule has 1 fully saturated rings. The van der Waals surface area contributed by atoms with Gasteiger partial charge in [-0.2, -0.15) is 0 Å². The first-order chi connectivity index (χ1) is 9.91. The van der Waals surface area contributed by atoms with Gasteiger partial charge in [-0.25, -0.2) is 0 Å². The quantitative estimate of drug-likeness (QED) is 0.832. The maximum absolute atomic E-state index is 12.1. The van der Waals surface area contributed by atoms with E-state index in [0.29, 0.717) is 13.2 Å². The van der Waals surface area contributed by atoms with Crippen molar-refractivity contribution in [3.8, 4) is 5.75 Å². The molecule has 1 aliphatic heterocycles. The second-order valence-corrected chi connectivity index (χ2v) is 6.75. The smallest absolute Gasteiger partial charge is 0.175 e. The standard InChI is InChI=1S/C18H26O3/c1-5-13-6-7-17(15(10-13)18(2,3)4)21-12-16(19)14-8-9-20-11-14/h6-7,10,14H,5,8-9,11-12H2,1-4H3. The molecule has 0 saturated carbocycles. The molecule has 1 atom stereocenters. The van der Waals surface area contributed by atoms with Gasteiger partial charge in [-0.3, -0.25) is 4.79 Å². The predicted molar refractivity (Wildman–Crippen MR) is 83.9 cm³/mol. The van der Waals surface area contributed by atoms with Crippen LogP contribution in [0.25, 0.3) is 0 Å². The van der Waals surface area contributed by atoms with Crippen LogP contribution < -0.4 is 4.74 Å². The lowest BCUT2D eigenvalue weighted by molar-refractivity contribution is -0.124. The molecule has 0 spiro atoms. The number of rotatable bonds is 5. The molecule has 2 rings (SSSR count). The van der Waals surface area contributed by atoms with Crippen molar-refractivity contribution in [3.63, 3.8) is 0 Å². The van der Waals surface area contributed by atoms with Gasteiger partial charge in [0.1, 0.15) is 12.4 Å². The molecule has 1 saturated heterocycles. The number of benzene rings is 1. The molecule has 0 aliphatic carbocycles. The molecule has 1 unspecified atom stereocenters. The van der Waals surface area contributed by atoms with E-state index in [1.165, 1.54) is 5.56 Å². The Morgan fingerprint density at radius 2 is 2.14 bits per heavy atom. The average molecular weight is 290 g/mol. The number of hydrogen-bond acceptors (Lipinski definition) is 3. The van der Waals surface area contributed by atoms with Gasteiger partial charge in [0.25, 0.3) is 0 Å². The maximum Gasteiger partial charge on any atom is 0.175 e. The first kappa shape index (κ1) is 16.0. The number of ether oxygens (including phenoxy) is 2. The Hall–Kier alpha value is -1.35. The van der Waals surface area contributed by atoms with E-state index in [-0.39, 0.29) is 23.7 Å². The minimum Gasteiger partial charge on any atom is -0.486 e. The summed E-state index contributed by atoms with van der Waals surface area (Å²) in [6.07, 6.45) is 1.82. The van der Waals surface area contributed by atoms with E-state index in [9.17, 15) is 4.79 Å². The fraction of sp³-hybridized carbons (Fsp3) is 0.611. The molecule has 3 nitrogen and oxygen atoms in total. The van der Waals surface area contributed by atoms with Gasteiger partial charge in [0.2, 0.25) is 0 Å². The largest absolute Gasteiger partial charge is 0.486 e. The van der Waals surface area contributed by atoms with Gasteiger partial charge in [0.15, 0.2) is 5.78 Å². The van der Waals surface area contributed by atoms with Crippen LogP contribution in [0, 0.1) is 5.92 Å². The third-order valence-corrected chi connectivity index (χ3v) is 4.02. The normalized spacial score (nSPS) is 18.8. The van der Waals surface area contributed by atoms with Crippen LogP contribution in [0.15, 0.2) is 18.2 Å². The molecule has 0 radical (unpaired) electrons. The highest BCUT2D eigenvalue weighted by molar-refractivity contribution is 5.82. The van der Waals surface area contributed by atoms with Crippen molar-refractivity contribution < 1.29 is 14.3 Å². The number of carbonyl (C=O) groups excluding carboxylic acids is 1. The van der Waals surface area contributed by atoms with Crippen molar-refractivity contribution in [2.45, 2.75) is 46.0 Å². The van der Waals surface area contributed by atoms with Gasteiger partial charge in [0.05, 0.1) is 6.61 Å². The van der Waals surface area contributed by atoms with Gasteiger partial charge in [-0.15, -0.1) is 0 Å². The molecule has 0 amide bonds. The Morgan fingerprint density at radius 3 is 2.71 bits per heavy atom. The molecule has 116 valence electrons. The lowest BCUT2D eigenvalue weighted by atomic mass is 9.85. The van der Waals surface area contributed by atoms with Gasteiger partial charge in [-0.05, 0) is 35.4 Å². The van der Waals surface area contributed by atoms with Crippen molar-refractivity contribution in [2.24, 2.45) is 5.92 Å². The minimum absolute atomic E-state index is 0.0000303. The topological polar surface area (TPSA) is 35.5 Å².